The first kappa shape index (κ1) is 10.7. The highest BCUT2D eigenvalue weighted by Crippen LogP contribution is 2.16. The van der Waals surface area contributed by atoms with Crippen LogP contribution in [0.4, 0.5) is 5.69 Å². The van der Waals surface area contributed by atoms with E-state index in [9.17, 15) is 13.2 Å². The van der Waals surface area contributed by atoms with Gasteiger partial charge in [0, 0.05) is 5.56 Å². The number of carbonyl (C=O) groups is 1. The van der Waals surface area contributed by atoms with Crippen LogP contribution in [0.2, 0.25) is 0 Å². The van der Waals surface area contributed by atoms with E-state index < -0.39 is 10.0 Å². The van der Waals surface area contributed by atoms with Crippen molar-refractivity contribution >= 4 is 22.0 Å². The van der Waals surface area contributed by atoms with Gasteiger partial charge < -0.3 is 0 Å². The van der Waals surface area contributed by atoms with E-state index >= 15 is 0 Å². The van der Waals surface area contributed by atoms with E-state index in [1.54, 1.807) is 18.2 Å². The fourth-order valence-electron chi connectivity index (χ4n) is 1.06. The third kappa shape index (κ3) is 2.85. The zero-order valence-electron chi connectivity index (χ0n) is 7.94. The maximum Gasteiger partial charge on any atom is 0.229 e. The van der Waals surface area contributed by atoms with Gasteiger partial charge in [0.15, 0.2) is 6.29 Å². The van der Waals surface area contributed by atoms with Crippen molar-refractivity contribution in [3.8, 4) is 0 Å². The highest BCUT2D eigenvalue weighted by Gasteiger charge is 2.06. The fraction of sp³-hybridized carbons (Fsp3) is 0.222. The van der Waals surface area contributed by atoms with Crippen molar-refractivity contribution in [3.63, 3.8) is 0 Å². The van der Waals surface area contributed by atoms with Crippen LogP contribution in [0.25, 0.3) is 0 Å². The molecule has 1 N–H and O–H groups in total. The van der Waals surface area contributed by atoms with Gasteiger partial charge in [-0.1, -0.05) is 6.07 Å². The number of benzene rings is 1. The van der Waals surface area contributed by atoms with Crippen LogP contribution in [0.1, 0.15) is 15.9 Å². The molecule has 1 aromatic carbocycles. The smallest absolute Gasteiger partial charge is 0.229 e. The molecule has 1 rings (SSSR count). The Kier molecular flexibility index (Phi) is 2.90. The Morgan fingerprint density at radius 3 is 2.50 bits per heavy atom. The molecule has 4 nitrogen and oxygen atoms in total. The van der Waals surface area contributed by atoms with E-state index in [4.69, 9.17) is 0 Å². The lowest BCUT2D eigenvalue weighted by Crippen LogP contribution is -2.11. The van der Waals surface area contributed by atoms with E-state index in [2.05, 4.69) is 4.72 Å². The lowest BCUT2D eigenvalue weighted by molar-refractivity contribution is 0.112. The summed E-state index contributed by atoms with van der Waals surface area (Å²) in [5, 5.41) is 0. The summed E-state index contributed by atoms with van der Waals surface area (Å²) in [6, 6.07) is 4.94. The molecule has 0 bridgehead atoms. The van der Waals surface area contributed by atoms with E-state index in [0.717, 1.165) is 11.8 Å². The van der Waals surface area contributed by atoms with Crippen LogP contribution >= 0.6 is 0 Å². The Labute approximate surface area is 83.0 Å². The highest BCUT2D eigenvalue weighted by molar-refractivity contribution is 7.92. The molecule has 5 heteroatoms. The SMILES string of the molecule is Cc1ccc(C=O)c(NS(C)(=O)=O)c1. The predicted octanol–water partition coefficient (Wildman–Crippen LogP) is 1.18. The average Bonchev–Trinajstić information content (AvgIpc) is 2.01. The molecular weight excluding hydrogens is 202 g/mol. The molecule has 0 saturated heterocycles. The summed E-state index contributed by atoms with van der Waals surface area (Å²) in [5.74, 6) is 0. The topological polar surface area (TPSA) is 63.2 Å². The van der Waals surface area contributed by atoms with E-state index in [-0.39, 0.29) is 0 Å². The van der Waals surface area contributed by atoms with Crippen molar-refractivity contribution in [2.45, 2.75) is 6.92 Å². The largest absolute Gasteiger partial charge is 0.298 e. The number of rotatable bonds is 3. The highest BCUT2D eigenvalue weighted by atomic mass is 32.2. The van der Waals surface area contributed by atoms with E-state index in [0.29, 0.717) is 17.5 Å². The van der Waals surface area contributed by atoms with Gasteiger partial charge in [0.2, 0.25) is 10.0 Å². The van der Waals surface area contributed by atoms with Crippen LogP contribution in [0.3, 0.4) is 0 Å². The van der Waals surface area contributed by atoms with E-state index in [1.165, 1.54) is 0 Å². The maximum atomic E-state index is 11.0. The van der Waals surface area contributed by atoms with Crippen LogP contribution in [0, 0.1) is 6.92 Å². The number of nitrogens with one attached hydrogen (secondary N) is 1. The average molecular weight is 213 g/mol. The molecule has 0 heterocycles. The molecule has 0 unspecified atom stereocenters. The predicted molar refractivity (Wildman–Crippen MR) is 55.0 cm³/mol. The molecular formula is C9H11NO3S. The van der Waals surface area contributed by atoms with Gasteiger partial charge in [-0.05, 0) is 24.6 Å². The Balaban J connectivity index is 3.18. The van der Waals surface area contributed by atoms with Gasteiger partial charge in [-0.25, -0.2) is 8.42 Å². The molecule has 0 aliphatic heterocycles. The lowest BCUT2D eigenvalue weighted by Gasteiger charge is -2.07. The fourth-order valence-corrected chi connectivity index (χ4v) is 1.64. The van der Waals surface area contributed by atoms with Gasteiger partial charge in [0.1, 0.15) is 0 Å². The zero-order valence-corrected chi connectivity index (χ0v) is 8.76. The molecule has 0 radical (unpaired) electrons. The van der Waals surface area contributed by atoms with Gasteiger partial charge in [-0.15, -0.1) is 0 Å². The monoisotopic (exact) mass is 213 g/mol. The first-order valence-electron chi connectivity index (χ1n) is 3.96. The lowest BCUT2D eigenvalue weighted by atomic mass is 10.1. The minimum Gasteiger partial charge on any atom is -0.298 e. The number of anilines is 1. The minimum absolute atomic E-state index is 0.322. The van der Waals surface area contributed by atoms with Crippen molar-refractivity contribution in [1.82, 2.24) is 0 Å². The molecule has 0 aromatic heterocycles. The molecule has 0 amide bonds. The molecule has 0 spiro atoms. The van der Waals surface area contributed by atoms with E-state index in [1.807, 2.05) is 6.92 Å². The van der Waals surface area contributed by atoms with Crippen molar-refractivity contribution in [2.24, 2.45) is 0 Å². The van der Waals surface area contributed by atoms with Crippen molar-refractivity contribution in [3.05, 3.63) is 29.3 Å². The molecule has 0 saturated carbocycles. The number of aryl methyl sites for hydroxylation is 1. The number of sulfonamides is 1. The third-order valence-corrected chi connectivity index (χ3v) is 2.22. The standard InChI is InChI=1S/C9H11NO3S/c1-7-3-4-8(6-11)9(5-7)10-14(2,12)13/h3-6,10H,1-2H3. The number of aldehydes is 1. The minimum atomic E-state index is -3.34. The Bertz CT molecular complexity index is 451. The first-order valence-corrected chi connectivity index (χ1v) is 5.85. The Hall–Kier alpha value is -1.36. The van der Waals surface area contributed by atoms with Crippen molar-refractivity contribution < 1.29 is 13.2 Å². The molecule has 0 atom stereocenters. The summed E-state index contributed by atoms with van der Waals surface area (Å²) in [6.45, 7) is 1.82. The number of hydrogen-bond donors (Lipinski definition) is 1. The van der Waals surface area contributed by atoms with Gasteiger partial charge in [-0.2, -0.15) is 0 Å². The quantitative estimate of drug-likeness (QED) is 0.767. The van der Waals surface area contributed by atoms with Gasteiger partial charge >= 0.3 is 0 Å². The molecule has 0 aliphatic carbocycles. The summed E-state index contributed by atoms with van der Waals surface area (Å²) < 4.78 is 24.2. The Morgan fingerprint density at radius 1 is 1.36 bits per heavy atom. The maximum absolute atomic E-state index is 11.0. The summed E-state index contributed by atoms with van der Waals surface area (Å²) in [4.78, 5) is 10.6. The summed E-state index contributed by atoms with van der Waals surface area (Å²) in [5.41, 5.74) is 1.55. The third-order valence-electron chi connectivity index (χ3n) is 1.63. The zero-order chi connectivity index (χ0) is 10.8. The second-order valence-electron chi connectivity index (χ2n) is 3.08. The Morgan fingerprint density at radius 2 is 2.00 bits per heavy atom. The van der Waals surface area contributed by atoms with Crippen molar-refractivity contribution in [2.75, 3.05) is 11.0 Å². The number of carbonyl (C=O) groups excluding carboxylic acids is 1. The molecule has 0 fully saturated rings. The molecule has 14 heavy (non-hydrogen) atoms. The normalized spacial score (nSPS) is 11.0. The number of hydrogen-bond acceptors (Lipinski definition) is 3. The summed E-state index contributed by atoms with van der Waals surface area (Å²) >= 11 is 0. The van der Waals surface area contributed by atoms with Crippen LogP contribution in [-0.4, -0.2) is 21.0 Å². The van der Waals surface area contributed by atoms with Crippen LogP contribution in [0.5, 0.6) is 0 Å². The molecule has 1 aromatic rings. The second kappa shape index (κ2) is 3.79. The van der Waals surface area contributed by atoms with Gasteiger partial charge in [0.25, 0.3) is 0 Å². The summed E-state index contributed by atoms with van der Waals surface area (Å²) in [6.07, 6.45) is 1.66. The van der Waals surface area contributed by atoms with Crippen molar-refractivity contribution in [1.29, 1.82) is 0 Å². The van der Waals surface area contributed by atoms with Crippen LogP contribution in [0.15, 0.2) is 18.2 Å². The van der Waals surface area contributed by atoms with Gasteiger partial charge in [-0.3, -0.25) is 9.52 Å². The molecule has 0 aliphatic rings. The second-order valence-corrected chi connectivity index (χ2v) is 4.83. The molecule has 76 valence electrons. The van der Waals surface area contributed by atoms with Gasteiger partial charge in [0.05, 0.1) is 11.9 Å². The van der Waals surface area contributed by atoms with Crippen LogP contribution in [-0.2, 0) is 10.0 Å². The van der Waals surface area contributed by atoms with Crippen LogP contribution < -0.4 is 4.72 Å². The summed E-state index contributed by atoms with van der Waals surface area (Å²) in [7, 11) is -3.34. The first-order chi connectivity index (χ1) is 6.42.